The summed E-state index contributed by atoms with van der Waals surface area (Å²) in [5, 5.41) is 0. The molecule has 0 N–H and O–H groups in total. The summed E-state index contributed by atoms with van der Waals surface area (Å²) in [5.41, 5.74) is 0.162. The highest BCUT2D eigenvalue weighted by molar-refractivity contribution is 5.61. The van der Waals surface area contributed by atoms with Gasteiger partial charge in [0.1, 0.15) is 17.4 Å². The summed E-state index contributed by atoms with van der Waals surface area (Å²) in [5.74, 6) is -0.566. The summed E-state index contributed by atoms with van der Waals surface area (Å²) in [6.07, 6.45) is 0.390. The standard InChI is InChI=1S/C19H15F4N3O2/c1-2-17-24-9-12(10-25-17)14-4-3-7-26(18(14)27)15-6-5-13(20)8-16(15)28-11-19(21,22)23/h3-10H,2,11H2,1H3. The highest BCUT2D eigenvalue weighted by Gasteiger charge is 2.29. The zero-order valence-electron chi connectivity index (χ0n) is 14.7. The average Bonchev–Trinajstić information content (AvgIpc) is 2.67. The molecule has 1 aromatic carbocycles. The minimum absolute atomic E-state index is 0.0106. The molecule has 0 amide bonds. The first-order chi connectivity index (χ1) is 13.3. The lowest BCUT2D eigenvalue weighted by atomic mass is 10.1. The van der Waals surface area contributed by atoms with E-state index in [-0.39, 0.29) is 11.3 Å². The normalized spacial score (nSPS) is 11.5. The molecule has 0 fully saturated rings. The Morgan fingerprint density at radius 1 is 1.14 bits per heavy atom. The smallest absolute Gasteiger partial charge is 0.422 e. The molecule has 3 aromatic rings. The Kier molecular flexibility index (Phi) is 5.43. The van der Waals surface area contributed by atoms with E-state index in [1.54, 1.807) is 12.1 Å². The fourth-order valence-electron chi connectivity index (χ4n) is 2.54. The number of alkyl halides is 3. The van der Waals surface area contributed by atoms with Gasteiger partial charge in [0.05, 0.1) is 11.3 Å². The van der Waals surface area contributed by atoms with Crippen LogP contribution in [0.4, 0.5) is 17.6 Å². The molecule has 0 aliphatic carbocycles. The van der Waals surface area contributed by atoms with E-state index in [1.807, 2.05) is 6.92 Å². The van der Waals surface area contributed by atoms with Gasteiger partial charge in [0.2, 0.25) is 0 Å². The summed E-state index contributed by atoms with van der Waals surface area (Å²) in [7, 11) is 0. The van der Waals surface area contributed by atoms with Gasteiger partial charge in [-0.1, -0.05) is 6.92 Å². The first-order valence-electron chi connectivity index (χ1n) is 8.31. The number of nitrogens with zero attached hydrogens (tertiary/aromatic N) is 3. The van der Waals surface area contributed by atoms with Gasteiger partial charge >= 0.3 is 6.18 Å². The van der Waals surface area contributed by atoms with Crippen LogP contribution >= 0.6 is 0 Å². The van der Waals surface area contributed by atoms with Gasteiger partial charge in [-0.15, -0.1) is 0 Å². The second-order valence-corrected chi connectivity index (χ2v) is 5.85. The molecule has 0 radical (unpaired) electrons. The van der Waals surface area contributed by atoms with Crippen molar-refractivity contribution in [2.45, 2.75) is 19.5 Å². The molecule has 146 valence electrons. The predicted molar refractivity (Wildman–Crippen MR) is 94.0 cm³/mol. The number of hydrogen-bond donors (Lipinski definition) is 0. The molecule has 3 rings (SSSR count). The molecule has 0 spiro atoms. The van der Waals surface area contributed by atoms with Crippen molar-refractivity contribution in [2.75, 3.05) is 6.61 Å². The highest BCUT2D eigenvalue weighted by atomic mass is 19.4. The minimum Gasteiger partial charge on any atom is -0.482 e. The van der Waals surface area contributed by atoms with Crippen LogP contribution in [0.2, 0.25) is 0 Å². The molecular weight excluding hydrogens is 378 g/mol. The van der Waals surface area contributed by atoms with Crippen molar-refractivity contribution in [1.29, 1.82) is 0 Å². The fraction of sp³-hybridized carbons (Fsp3) is 0.211. The Balaban J connectivity index is 2.06. The van der Waals surface area contributed by atoms with Crippen molar-refractivity contribution in [1.82, 2.24) is 14.5 Å². The van der Waals surface area contributed by atoms with Gasteiger partial charge in [0.25, 0.3) is 5.56 Å². The molecular formula is C19H15F4N3O2. The Bertz CT molecular complexity index is 1030. The first-order valence-corrected chi connectivity index (χ1v) is 8.31. The van der Waals surface area contributed by atoms with Crippen LogP contribution in [-0.2, 0) is 6.42 Å². The Hall–Kier alpha value is -3.23. The van der Waals surface area contributed by atoms with Crippen LogP contribution in [0.15, 0.2) is 53.7 Å². The van der Waals surface area contributed by atoms with Gasteiger partial charge in [0.15, 0.2) is 6.61 Å². The summed E-state index contributed by atoms with van der Waals surface area (Å²) in [6, 6.07) is 6.11. The number of aryl methyl sites for hydroxylation is 1. The zero-order valence-corrected chi connectivity index (χ0v) is 14.7. The van der Waals surface area contributed by atoms with Crippen LogP contribution in [0.5, 0.6) is 5.75 Å². The zero-order chi connectivity index (χ0) is 20.3. The van der Waals surface area contributed by atoms with Gasteiger partial charge < -0.3 is 4.74 Å². The number of hydrogen-bond acceptors (Lipinski definition) is 4. The van der Waals surface area contributed by atoms with Gasteiger partial charge in [-0.05, 0) is 24.3 Å². The van der Waals surface area contributed by atoms with Crippen molar-refractivity contribution in [3.63, 3.8) is 0 Å². The molecule has 0 unspecified atom stereocenters. The van der Waals surface area contributed by atoms with Crippen molar-refractivity contribution in [2.24, 2.45) is 0 Å². The summed E-state index contributed by atoms with van der Waals surface area (Å²) in [4.78, 5) is 21.2. The van der Waals surface area contributed by atoms with E-state index in [9.17, 15) is 22.4 Å². The highest BCUT2D eigenvalue weighted by Crippen LogP contribution is 2.26. The number of aromatic nitrogens is 3. The summed E-state index contributed by atoms with van der Waals surface area (Å²) < 4.78 is 56.8. The third-order valence-electron chi connectivity index (χ3n) is 3.85. The third kappa shape index (κ3) is 4.36. The van der Waals surface area contributed by atoms with E-state index in [1.165, 1.54) is 24.7 Å². The quantitative estimate of drug-likeness (QED) is 0.617. The Morgan fingerprint density at radius 2 is 1.86 bits per heavy atom. The second-order valence-electron chi connectivity index (χ2n) is 5.85. The summed E-state index contributed by atoms with van der Waals surface area (Å²) >= 11 is 0. The number of benzene rings is 1. The van der Waals surface area contributed by atoms with Crippen molar-refractivity contribution >= 4 is 0 Å². The first kappa shape index (κ1) is 19.5. The molecule has 0 atom stereocenters. The van der Waals surface area contributed by atoms with Gasteiger partial charge in [0, 0.05) is 36.6 Å². The van der Waals surface area contributed by atoms with E-state index in [0.717, 1.165) is 16.7 Å². The predicted octanol–water partition coefficient (Wildman–Crippen LogP) is 3.94. The molecule has 2 aromatic heterocycles. The lowest BCUT2D eigenvalue weighted by molar-refractivity contribution is -0.153. The number of rotatable bonds is 5. The van der Waals surface area contributed by atoms with Crippen LogP contribution in [0.25, 0.3) is 16.8 Å². The monoisotopic (exact) mass is 393 g/mol. The molecule has 0 saturated carbocycles. The van der Waals surface area contributed by atoms with Gasteiger partial charge in [-0.25, -0.2) is 14.4 Å². The van der Waals surface area contributed by atoms with Gasteiger partial charge in [-0.3, -0.25) is 9.36 Å². The fourth-order valence-corrected chi connectivity index (χ4v) is 2.54. The van der Waals surface area contributed by atoms with Crippen molar-refractivity contribution in [3.8, 4) is 22.6 Å². The van der Waals surface area contributed by atoms with Crippen LogP contribution in [-0.4, -0.2) is 27.3 Å². The molecule has 0 bridgehead atoms. The lowest BCUT2D eigenvalue weighted by Gasteiger charge is -2.15. The van der Waals surface area contributed by atoms with Crippen molar-refractivity contribution in [3.05, 3.63) is 70.9 Å². The molecule has 9 heteroatoms. The largest absolute Gasteiger partial charge is 0.482 e. The minimum atomic E-state index is -4.60. The van der Waals surface area contributed by atoms with E-state index >= 15 is 0 Å². The molecule has 5 nitrogen and oxygen atoms in total. The van der Waals surface area contributed by atoms with E-state index in [0.29, 0.717) is 17.8 Å². The Labute approximate surface area is 157 Å². The SMILES string of the molecule is CCc1ncc(-c2cccn(-c3ccc(F)cc3OCC(F)(F)F)c2=O)cn1. The lowest BCUT2D eigenvalue weighted by Crippen LogP contribution is -2.23. The van der Waals surface area contributed by atoms with Crippen LogP contribution in [0, 0.1) is 5.82 Å². The van der Waals surface area contributed by atoms with E-state index in [4.69, 9.17) is 4.74 Å². The molecule has 0 aliphatic rings. The van der Waals surface area contributed by atoms with Crippen LogP contribution in [0.1, 0.15) is 12.7 Å². The number of halogens is 4. The van der Waals surface area contributed by atoms with E-state index < -0.39 is 29.9 Å². The van der Waals surface area contributed by atoms with Crippen LogP contribution < -0.4 is 10.3 Å². The Morgan fingerprint density at radius 3 is 2.50 bits per heavy atom. The molecule has 28 heavy (non-hydrogen) atoms. The van der Waals surface area contributed by atoms with Gasteiger partial charge in [-0.2, -0.15) is 13.2 Å². The van der Waals surface area contributed by atoms with E-state index in [2.05, 4.69) is 9.97 Å². The maximum Gasteiger partial charge on any atom is 0.422 e. The third-order valence-corrected chi connectivity index (χ3v) is 3.85. The number of ether oxygens (including phenoxy) is 1. The number of pyridine rings is 1. The van der Waals surface area contributed by atoms with Crippen LogP contribution in [0.3, 0.4) is 0 Å². The molecule has 2 heterocycles. The maximum absolute atomic E-state index is 13.5. The summed E-state index contributed by atoms with van der Waals surface area (Å²) in [6.45, 7) is 0.283. The second kappa shape index (κ2) is 7.79. The maximum atomic E-state index is 13.5. The molecule has 0 aliphatic heterocycles. The van der Waals surface area contributed by atoms with Crippen molar-refractivity contribution < 1.29 is 22.3 Å². The topological polar surface area (TPSA) is 57.0 Å². The molecule has 0 saturated heterocycles. The average molecular weight is 393 g/mol.